The van der Waals surface area contributed by atoms with E-state index in [1.807, 2.05) is 37.3 Å². The van der Waals surface area contributed by atoms with Crippen LogP contribution in [0.4, 0.5) is 5.69 Å². The van der Waals surface area contributed by atoms with E-state index < -0.39 is 0 Å². The van der Waals surface area contributed by atoms with Gasteiger partial charge in [0, 0.05) is 17.9 Å². The van der Waals surface area contributed by atoms with E-state index in [4.69, 9.17) is 23.2 Å². The molecule has 0 atom stereocenters. The van der Waals surface area contributed by atoms with Crippen LogP contribution in [0.15, 0.2) is 53.6 Å². The number of hydrogen-bond acceptors (Lipinski definition) is 3. The predicted molar refractivity (Wildman–Crippen MR) is 106 cm³/mol. The van der Waals surface area contributed by atoms with Gasteiger partial charge >= 0.3 is 0 Å². The van der Waals surface area contributed by atoms with Gasteiger partial charge in [0.15, 0.2) is 0 Å². The van der Waals surface area contributed by atoms with E-state index in [1.54, 1.807) is 12.1 Å². The minimum Gasteiger partial charge on any atom is -0.325 e. The largest absolute Gasteiger partial charge is 0.325 e. The molecule has 26 heavy (non-hydrogen) atoms. The van der Waals surface area contributed by atoms with Crippen molar-refractivity contribution in [3.05, 3.63) is 64.1 Å². The first-order chi connectivity index (χ1) is 12.5. The minimum absolute atomic E-state index is 0.0202. The fourth-order valence-electron chi connectivity index (χ4n) is 2.19. The highest BCUT2D eigenvalue weighted by Crippen LogP contribution is 2.25. The van der Waals surface area contributed by atoms with E-state index in [-0.39, 0.29) is 24.7 Å². The molecule has 2 amide bonds. The summed E-state index contributed by atoms with van der Waals surface area (Å²) in [6.45, 7) is 1.96. The number of carbonyl (C=O) groups is 2. The molecule has 2 N–H and O–H groups in total. The molecule has 2 aromatic carbocycles. The lowest BCUT2D eigenvalue weighted by atomic mass is 10.1. The summed E-state index contributed by atoms with van der Waals surface area (Å²) in [4.78, 5) is 23.9. The highest BCUT2D eigenvalue weighted by molar-refractivity contribution is 6.36. The monoisotopic (exact) mass is 391 g/mol. The molecule has 0 aliphatic rings. The van der Waals surface area contributed by atoms with Gasteiger partial charge in [-0.05, 0) is 30.2 Å². The molecule has 7 heteroatoms. The van der Waals surface area contributed by atoms with Crippen molar-refractivity contribution in [2.45, 2.75) is 26.2 Å². The average molecular weight is 392 g/mol. The zero-order valence-electron chi connectivity index (χ0n) is 14.3. The molecule has 0 unspecified atom stereocenters. The second kappa shape index (κ2) is 9.94. The van der Waals surface area contributed by atoms with Gasteiger partial charge in [-0.2, -0.15) is 5.10 Å². The molecule has 0 spiro atoms. The van der Waals surface area contributed by atoms with Gasteiger partial charge in [-0.25, -0.2) is 5.43 Å². The van der Waals surface area contributed by atoms with Crippen LogP contribution in [-0.2, 0) is 9.59 Å². The highest BCUT2D eigenvalue weighted by Gasteiger charge is 2.10. The number of nitrogens with zero attached hydrogens (tertiary/aromatic N) is 1. The molecular formula is C19H19Cl2N3O2. The van der Waals surface area contributed by atoms with Crippen LogP contribution in [0.1, 0.15) is 31.7 Å². The second-order valence-corrected chi connectivity index (χ2v) is 6.33. The van der Waals surface area contributed by atoms with Crippen molar-refractivity contribution >= 4 is 46.4 Å². The molecule has 2 aromatic rings. The van der Waals surface area contributed by atoms with Crippen molar-refractivity contribution in [2.24, 2.45) is 5.10 Å². The summed E-state index contributed by atoms with van der Waals surface area (Å²) < 4.78 is 0. The Hall–Kier alpha value is -2.37. The van der Waals surface area contributed by atoms with Crippen LogP contribution >= 0.6 is 23.2 Å². The number of anilines is 1. The first-order valence-corrected chi connectivity index (χ1v) is 8.91. The molecule has 0 fully saturated rings. The molecule has 2 rings (SSSR count). The number of halogens is 2. The summed E-state index contributed by atoms with van der Waals surface area (Å²) in [5.74, 6) is -0.642. The standard InChI is InChI=1S/C19H19Cl2N3O2/c1-2-16(13-6-4-3-5-7-13)23-24-19(26)11-10-18(25)22-17-9-8-14(20)12-15(17)21/h3-9,12H,2,10-11H2,1H3,(H,22,25)(H,24,26). The summed E-state index contributed by atoms with van der Waals surface area (Å²) >= 11 is 11.8. The minimum atomic E-state index is -0.329. The van der Waals surface area contributed by atoms with Gasteiger partial charge in [0.2, 0.25) is 11.8 Å². The van der Waals surface area contributed by atoms with Gasteiger partial charge in [0.25, 0.3) is 0 Å². The van der Waals surface area contributed by atoms with Crippen LogP contribution in [0.2, 0.25) is 10.0 Å². The number of hydrazone groups is 1. The number of carbonyl (C=O) groups excluding carboxylic acids is 2. The maximum absolute atomic E-state index is 12.0. The van der Waals surface area contributed by atoms with Gasteiger partial charge in [0.05, 0.1) is 16.4 Å². The Morgan fingerprint density at radius 1 is 1.00 bits per heavy atom. The molecule has 0 aromatic heterocycles. The highest BCUT2D eigenvalue weighted by atomic mass is 35.5. The van der Waals surface area contributed by atoms with Crippen molar-refractivity contribution in [1.29, 1.82) is 0 Å². The Bertz CT molecular complexity index is 808. The molecule has 136 valence electrons. The molecule has 0 radical (unpaired) electrons. The molecule has 5 nitrogen and oxygen atoms in total. The van der Waals surface area contributed by atoms with Crippen LogP contribution in [0.5, 0.6) is 0 Å². The van der Waals surface area contributed by atoms with E-state index in [0.717, 1.165) is 11.3 Å². The normalized spacial score (nSPS) is 11.1. The lowest BCUT2D eigenvalue weighted by Gasteiger charge is -2.08. The van der Waals surface area contributed by atoms with Crippen molar-refractivity contribution in [3.8, 4) is 0 Å². The molecular weight excluding hydrogens is 373 g/mol. The third kappa shape index (κ3) is 6.17. The van der Waals surface area contributed by atoms with E-state index in [0.29, 0.717) is 22.2 Å². The molecule has 0 aliphatic heterocycles. The van der Waals surface area contributed by atoms with Crippen LogP contribution < -0.4 is 10.7 Å². The molecule has 0 bridgehead atoms. The summed E-state index contributed by atoms with van der Waals surface area (Å²) in [7, 11) is 0. The topological polar surface area (TPSA) is 70.6 Å². The Morgan fingerprint density at radius 2 is 1.69 bits per heavy atom. The van der Waals surface area contributed by atoms with E-state index in [1.165, 1.54) is 6.07 Å². The Balaban J connectivity index is 1.84. The smallest absolute Gasteiger partial charge is 0.240 e. The SMILES string of the molecule is CCC(=NNC(=O)CCC(=O)Nc1ccc(Cl)cc1Cl)c1ccccc1. The van der Waals surface area contributed by atoms with E-state index in [2.05, 4.69) is 15.8 Å². The number of benzene rings is 2. The molecule has 0 saturated carbocycles. The molecule has 0 aliphatic carbocycles. The number of nitrogens with one attached hydrogen (secondary N) is 2. The first-order valence-electron chi connectivity index (χ1n) is 8.15. The van der Waals surface area contributed by atoms with E-state index >= 15 is 0 Å². The van der Waals surface area contributed by atoms with Crippen molar-refractivity contribution in [1.82, 2.24) is 5.43 Å². The Labute approximate surface area is 162 Å². The molecule has 0 saturated heterocycles. The van der Waals surface area contributed by atoms with Gasteiger partial charge < -0.3 is 5.32 Å². The Kier molecular flexibility index (Phi) is 7.63. The third-order valence-corrected chi connectivity index (χ3v) is 4.09. The van der Waals surface area contributed by atoms with Crippen LogP contribution in [0.3, 0.4) is 0 Å². The average Bonchev–Trinajstić information content (AvgIpc) is 2.64. The second-order valence-electron chi connectivity index (χ2n) is 5.49. The van der Waals surface area contributed by atoms with Gasteiger partial charge in [-0.1, -0.05) is 60.5 Å². The van der Waals surface area contributed by atoms with Crippen molar-refractivity contribution in [3.63, 3.8) is 0 Å². The third-order valence-electron chi connectivity index (χ3n) is 3.54. The van der Waals surface area contributed by atoms with Crippen LogP contribution in [0.25, 0.3) is 0 Å². The zero-order chi connectivity index (χ0) is 18.9. The summed E-state index contributed by atoms with van der Waals surface area (Å²) in [5, 5.41) is 7.62. The van der Waals surface area contributed by atoms with Crippen molar-refractivity contribution < 1.29 is 9.59 Å². The number of hydrogen-bond donors (Lipinski definition) is 2. The number of amides is 2. The van der Waals surface area contributed by atoms with Gasteiger partial charge in [-0.3, -0.25) is 9.59 Å². The fraction of sp³-hybridized carbons (Fsp3) is 0.211. The van der Waals surface area contributed by atoms with E-state index in [9.17, 15) is 9.59 Å². The zero-order valence-corrected chi connectivity index (χ0v) is 15.8. The van der Waals surface area contributed by atoms with Gasteiger partial charge in [-0.15, -0.1) is 0 Å². The maximum atomic E-state index is 12.0. The van der Waals surface area contributed by atoms with Crippen LogP contribution in [-0.4, -0.2) is 17.5 Å². The lowest BCUT2D eigenvalue weighted by molar-refractivity contribution is -0.124. The van der Waals surface area contributed by atoms with Crippen molar-refractivity contribution in [2.75, 3.05) is 5.32 Å². The van der Waals surface area contributed by atoms with Crippen LogP contribution in [0, 0.1) is 0 Å². The first kappa shape index (κ1) is 19.9. The quantitative estimate of drug-likeness (QED) is 0.532. The summed E-state index contributed by atoms with van der Waals surface area (Å²) in [6.07, 6.45) is 0.722. The predicted octanol–water partition coefficient (Wildman–Crippen LogP) is 4.64. The summed E-state index contributed by atoms with van der Waals surface area (Å²) in [5.41, 5.74) is 4.68. The lowest BCUT2D eigenvalue weighted by Crippen LogP contribution is -2.22. The summed E-state index contributed by atoms with van der Waals surface area (Å²) in [6, 6.07) is 14.4. The molecule has 0 heterocycles. The maximum Gasteiger partial charge on any atom is 0.240 e. The fourth-order valence-corrected chi connectivity index (χ4v) is 2.65. The number of rotatable bonds is 7. The Morgan fingerprint density at radius 3 is 2.35 bits per heavy atom. The van der Waals surface area contributed by atoms with Gasteiger partial charge in [0.1, 0.15) is 0 Å².